The maximum Gasteiger partial charge on any atom is 0.0942 e. The van der Waals surface area contributed by atoms with Gasteiger partial charge in [-0.1, -0.05) is 37.3 Å². The van der Waals surface area contributed by atoms with Crippen LogP contribution in [0.3, 0.4) is 0 Å². The van der Waals surface area contributed by atoms with Gasteiger partial charge < -0.3 is 5.11 Å². The number of thiophene rings is 1. The number of aliphatic hydroxyl groups is 1. The van der Waals surface area contributed by atoms with Gasteiger partial charge in [-0.2, -0.15) is 0 Å². The van der Waals surface area contributed by atoms with E-state index >= 15 is 0 Å². The molecule has 2 aromatic rings. The standard InChI is InChI=1S/C15H18OS/c1-3-15(16,14-9-12(2)17-11-14)10-13-7-5-4-6-8-13/h4-9,11,16H,3,10H2,1-2H3. The van der Waals surface area contributed by atoms with E-state index < -0.39 is 5.60 Å². The molecular formula is C15H18OS. The van der Waals surface area contributed by atoms with Crippen LogP contribution in [0.1, 0.15) is 29.3 Å². The predicted molar refractivity (Wildman–Crippen MR) is 73.4 cm³/mol. The number of hydrogen-bond acceptors (Lipinski definition) is 2. The average molecular weight is 246 g/mol. The summed E-state index contributed by atoms with van der Waals surface area (Å²) in [7, 11) is 0. The third-order valence-corrected chi connectivity index (χ3v) is 4.05. The summed E-state index contributed by atoms with van der Waals surface area (Å²) in [5.74, 6) is 0. The lowest BCUT2D eigenvalue weighted by atomic mass is 9.86. The van der Waals surface area contributed by atoms with Gasteiger partial charge in [-0.05, 0) is 35.9 Å². The van der Waals surface area contributed by atoms with Crippen molar-refractivity contribution in [3.63, 3.8) is 0 Å². The monoisotopic (exact) mass is 246 g/mol. The summed E-state index contributed by atoms with van der Waals surface area (Å²) in [5, 5.41) is 12.8. The quantitative estimate of drug-likeness (QED) is 0.867. The molecule has 0 aliphatic carbocycles. The zero-order valence-corrected chi connectivity index (χ0v) is 11.1. The SMILES string of the molecule is CCC(O)(Cc1ccccc1)c1csc(C)c1. The van der Waals surface area contributed by atoms with E-state index in [1.807, 2.05) is 25.1 Å². The van der Waals surface area contributed by atoms with Crippen molar-refractivity contribution < 1.29 is 5.11 Å². The van der Waals surface area contributed by atoms with E-state index in [9.17, 15) is 5.11 Å². The number of benzene rings is 1. The van der Waals surface area contributed by atoms with Crippen molar-refractivity contribution in [2.45, 2.75) is 32.3 Å². The summed E-state index contributed by atoms with van der Waals surface area (Å²) in [6.45, 7) is 4.11. The molecule has 0 saturated carbocycles. The summed E-state index contributed by atoms with van der Waals surface area (Å²) in [6, 6.07) is 12.3. The van der Waals surface area contributed by atoms with Gasteiger partial charge in [0, 0.05) is 11.3 Å². The molecule has 0 aliphatic heterocycles. The number of aryl methyl sites for hydroxylation is 1. The minimum absolute atomic E-state index is 0.681. The summed E-state index contributed by atoms with van der Waals surface area (Å²) >= 11 is 1.70. The third kappa shape index (κ3) is 2.76. The first kappa shape index (κ1) is 12.3. The van der Waals surface area contributed by atoms with Crippen LogP contribution in [0.5, 0.6) is 0 Å². The van der Waals surface area contributed by atoms with Gasteiger partial charge in [0.25, 0.3) is 0 Å². The van der Waals surface area contributed by atoms with Crippen LogP contribution in [0.4, 0.5) is 0 Å². The summed E-state index contributed by atoms with van der Waals surface area (Å²) in [5.41, 5.74) is 1.50. The summed E-state index contributed by atoms with van der Waals surface area (Å²) < 4.78 is 0. The Morgan fingerprint density at radius 3 is 2.47 bits per heavy atom. The van der Waals surface area contributed by atoms with Crippen LogP contribution >= 0.6 is 11.3 Å². The van der Waals surface area contributed by atoms with Gasteiger partial charge >= 0.3 is 0 Å². The molecule has 1 atom stereocenters. The molecule has 1 unspecified atom stereocenters. The van der Waals surface area contributed by atoms with E-state index in [-0.39, 0.29) is 0 Å². The van der Waals surface area contributed by atoms with Crippen molar-refractivity contribution in [1.82, 2.24) is 0 Å². The van der Waals surface area contributed by atoms with Crippen LogP contribution in [0.25, 0.3) is 0 Å². The molecule has 0 radical (unpaired) electrons. The Hall–Kier alpha value is -1.12. The highest BCUT2D eigenvalue weighted by molar-refractivity contribution is 7.10. The van der Waals surface area contributed by atoms with Gasteiger partial charge in [0.2, 0.25) is 0 Å². The maximum atomic E-state index is 10.8. The van der Waals surface area contributed by atoms with Gasteiger partial charge in [0.1, 0.15) is 0 Å². The zero-order chi connectivity index (χ0) is 12.3. The van der Waals surface area contributed by atoms with Crippen molar-refractivity contribution >= 4 is 11.3 Å². The van der Waals surface area contributed by atoms with Gasteiger partial charge in [-0.25, -0.2) is 0 Å². The predicted octanol–water partition coefficient (Wildman–Crippen LogP) is 3.90. The molecule has 0 saturated heterocycles. The van der Waals surface area contributed by atoms with Crippen LogP contribution in [0.15, 0.2) is 41.8 Å². The molecule has 2 rings (SSSR count). The van der Waals surface area contributed by atoms with E-state index in [1.54, 1.807) is 11.3 Å². The Labute approximate surface area is 107 Å². The Balaban J connectivity index is 2.26. The Morgan fingerprint density at radius 2 is 1.94 bits per heavy atom. The van der Waals surface area contributed by atoms with Crippen molar-refractivity contribution in [3.8, 4) is 0 Å². The first-order chi connectivity index (χ1) is 8.14. The molecule has 17 heavy (non-hydrogen) atoms. The molecule has 1 nitrogen and oxygen atoms in total. The highest BCUT2D eigenvalue weighted by atomic mass is 32.1. The highest BCUT2D eigenvalue weighted by Gasteiger charge is 2.28. The molecule has 1 aromatic carbocycles. The second-order valence-electron chi connectivity index (χ2n) is 4.49. The van der Waals surface area contributed by atoms with Gasteiger partial charge in [0.15, 0.2) is 0 Å². The van der Waals surface area contributed by atoms with E-state index in [2.05, 4.69) is 30.5 Å². The second kappa shape index (κ2) is 5.03. The van der Waals surface area contributed by atoms with E-state index in [0.29, 0.717) is 6.42 Å². The van der Waals surface area contributed by atoms with E-state index in [0.717, 1.165) is 12.0 Å². The average Bonchev–Trinajstić information content (AvgIpc) is 2.78. The van der Waals surface area contributed by atoms with E-state index in [1.165, 1.54) is 10.4 Å². The number of rotatable bonds is 4. The molecule has 2 heteroatoms. The molecule has 1 heterocycles. The third-order valence-electron chi connectivity index (χ3n) is 3.19. The van der Waals surface area contributed by atoms with Crippen molar-refractivity contribution in [2.75, 3.05) is 0 Å². The lowest BCUT2D eigenvalue weighted by Crippen LogP contribution is -2.27. The summed E-state index contributed by atoms with van der Waals surface area (Å²) in [4.78, 5) is 1.25. The van der Waals surface area contributed by atoms with Crippen LogP contribution < -0.4 is 0 Å². The van der Waals surface area contributed by atoms with Gasteiger partial charge in [0.05, 0.1) is 5.60 Å². The Kier molecular flexibility index (Phi) is 3.65. The molecule has 1 aromatic heterocycles. The zero-order valence-electron chi connectivity index (χ0n) is 10.3. The molecule has 1 N–H and O–H groups in total. The Bertz CT molecular complexity index is 475. The fourth-order valence-corrected chi connectivity index (χ4v) is 2.85. The molecule has 90 valence electrons. The lowest BCUT2D eigenvalue weighted by molar-refractivity contribution is 0.0331. The van der Waals surface area contributed by atoms with Gasteiger partial charge in [-0.3, -0.25) is 0 Å². The normalized spacial score (nSPS) is 14.5. The van der Waals surface area contributed by atoms with Crippen LogP contribution in [0.2, 0.25) is 0 Å². The maximum absolute atomic E-state index is 10.8. The number of hydrogen-bond donors (Lipinski definition) is 1. The van der Waals surface area contributed by atoms with Crippen molar-refractivity contribution in [3.05, 3.63) is 57.8 Å². The molecule has 0 bridgehead atoms. The highest BCUT2D eigenvalue weighted by Crippen LogP contribution is 2.32. The first-order valence-corrected chi connectivity index (χ1v) is 6.84. The fourth-order valence-electron chi connectivity index (χ4n) is 2.05. The van der Waals surface area contributed by atoms with Gasteiger partial charge in [-0.15, -0.1) is 11.3 Å². The van der Waals surface area contributed by atoms with Crippen LogP contribution in [-0.4, -0.2) is 5.11 Å². The summed E-state index contributed by atoms with van der Waals surface area (Å²) in [6.07, 6.45) is 1.42. The van der Waals surface area contributed by atoms with Crippen molar-refractivity contribution in [1.29, 1.82) is 0 Å². The molecular weight excluding hydrogens is 228 g/mol. The molecule has 0 spiro atoms. The van der Waals surface area contributed by atoms with E-state index in [4.69, 9.17) is 0 Å². The topological polar surface area (TPSA) is 20.2 Å². The largest absolute Gasteiger partial charge is 0.385 e. The molecule has 0 aliphatic rings. The lowest BCUT2D eigenvalue weighted by Gasteiger charge is -2.26. The van der Waals surface area contributed by atoms with Crippen molar-refractivity contribution in [2.24, 2.45) is 0 Å². The first-order valence-electron chi connectivity index (χ1n) is 5.96. The minimum Gasteiger partial charge on any atom is -0.385 e. The second-order valence-corrected chi connectivity index (χ2v) is 5.61. The fraction of sp³-hybridized carbons (Fsp3) is 0.333. The Morgan fingerprint density at radius 1 is 1.24 bits per heavy atom. The van der Waals surface area contributed by atoms with Crippen LogP contribution in [-0.2, 0) is 12.0 Å². The minimum atomic E-state index is -0.730. The molecule has 0 amide bonds. The van der Waals surface area contributed by atoms with Crippen LogP contribution in [0, 0.1) is 6.92 Å². The smallest absolute Gasteiger partial charge is 0.0942 e. The molecule has 0 fully saturated rings.